The van der Waals surface area contributed by atoms with Gasteiger partial charge >= 0.3 is 0 Å². The molecule has 1 aromatic heterocycles. The Kier molecular flexibility index (Phi) is 6.15. The van der Waals surface area contributed by atoms with E-state index in [-0.39, 0.29) is 24.2 Å². The van der Waals surface area contributed by atoms with Gasteiger partial charge in [-0.25, -0.2) is 8.78 Å². The van der Waals surface area contributed by atoms with Crippen molar-refractivity contribution >= 4 is 23.2 Å². The van der Waals surface area contributed by atoms with Gasteiger partial charge in [0.2, 0.25) is 0 Å². The monoisotopic (exact) mass is 389 g/mol. The van der Waals surface area contributed by atoms with Crippen LogP contribution in [0, 0.1) is 0 Å². The Labute approximate surface area is 160 Å². The first kappa shape index (κ1) is 19.7. The second-order valence-corrected chi connectivity index (χ2v) is 6.58. The molecule has 2 aromatic rings. The zero-order valence-corrected chi connectivity index (χ0v) is 15.1. The summed E-state index contributed by atoms with van der Waals surface area (Å²) in [6, 6.07) is 9.61. The summed E-state index contributed by atoms with van der Waals surface area (Å²) >= 11 is 0. The van der Waals surface area contributed by atoms with Crippen LogP contribution in [0.4, 0.5) is 20.2 Å². The molecule has 0 spiro atoms. The summed E-state index contributed by atoms with van der Waals surface area (Å²) < 4.78 is 24.9. The van der Waals surface area contributed by atoms with Gasteiger partial charge in [0.25, 0.3) is 18.2 Å². The third-order valence-corrected chi connectivity index (χ3v) is 4.47. The molecule has 148 valence electrons. The normalized spacial score (nSPS) is 16.9. The molecular weight excluding hydrogens is 368 g/mol. The number of nitrogens with one attached hydrogen (secondary N) is 2. The van der Waals surface area contributed by atoms with Crippen molar-refractivity contribution in [1.29, 1.82) is 0 Å². The molecule has 7 nitrogen and oxygen atoms in total. The number of carbonyl (C=O) groups is 2. The number of para-hydroxylation sites is 2. The Morgan fingerprint density at radius 2 is 2.00 bits per heavy atom. The van der Waals surface area contributed by atoms with Gasteiger partial charge in [0.1, 0.15) is 5.69 Å². The van der Waals surface area contributed by atoms with Crippen molar-refractivity contribution in [3.63, 3.8) is 0 Å². The number of carbonyl (C=O) groups excluding carboxylic acids is 2. The maximum atomic E-state index is 12.4. The standard InChI is InChI=1S/C19H21F2N5O2/c20-17(21)11-26-8-7-13(10-26)24-18(27)12-5-6-16(23-9-12)19(28)25-15-4-2-1-3-14(15)22/h1-6,9,13,17H,7-8,10-11,22H2,(H,24,27)(H,25,28). The smallest absolute Gasteiger partial charge is 0.274 e. The van der Waals surface area contributed by atoms with Crippen LogP contribution < -0.4 is 16.4 Å². The van der Waals surface area contributed by atoms with Crippen LogP contribution >= 0.6 is 0 Å². The first-order valence-electron chi connectivity index (χ1n) is 8.85. The molecule has 1 aliphatic rings. The first-order chi connectivity index (χ1) is 13.4. The molecule has 3 rings (SSSR count). The second-order valence-electron chi connectivity index (χ2n) is 6.58. The molecule has 1 unspecified atom stereocenters. The number of hydrogen-bond donors (Lipinski definition) is 3. The summed E-state index contributed by atoms with van der Waals surface area (Å²) in [5.74, 6) is -0.793. The first-order valence-corrected chi connectivity index (χ1v) is 8.85. The Hall–Kier alpha value is -3.07. The molecule has 0 saturated carbocycles. The fraction of sp³-hybridized carbons (Fsp3) is 0.316. The van der Waals surface area contributed by atoms with Gasteiger partial charge in [-0.05, 0) is 30.7 Å². The lowest BCUT2D eigenvalue weighted by Crippen LogP contribution is -2.38. The summed E-state index contributed by atoms with van der Waals surface area (Å²) in [7, 11) is 0. The topological polar surface area (TPSA) is 100 Å². The Bertz CT molecular complexity index is 844. The summed E-state index contributed by atoms with van der Waals surface area (Å²) in [6.45, 7) is 0.626. The third kappa shape index (κ3) is 5.01. The average Bonchev–Trinajstić information content (AvgIpc) is 3.09. The molecule has 1 atom stereocenters. The van der Waals surface area contributed by atoms with Crippen molar-refractivity contribution in [1.82, 2.24) is 15.2 Å². The summed E-state index contributed by atoms with van der Waals surface area (Å²) in [4.78, 5) is 30.2. The van der Waals surface area contributed by atoms with Gasteiger partial charge in [-0.3, -0.25) is 19.5 Å². The van der Waals surface area contributed by atoms with Crippen LogP contribution in [0.15, 0.2) is 42.6 Å². The van der Waals surface area contributed by atoms with Gasteiger partial charge in [-0.2, -0.15) is 0 Å². The van der Waals surface area contributed by atoms with Crippen molar-refractivity contribution < 1.29 is 18.4 Å². The molecule has 0 bridgehead atoms. The molecular formula is C19H21F2N5O2. The fourth-order valence-corrected chi connectivity index (χ4v) is 3.04. The van der Waals surface area contributed by atoms with Crippen molar-refractivity contribution in [2.75, 3.05) is 30.7 Å². The summed E-state index contributed by atoms with van der Waals surface area (Å²) in [6.07, 6.45) is -0.460. The van der Waals surface area contributed by atoms with Crippen LogP contribution in [0.1, 0.15) is 27.3 Å². The molecule has 0 radical (unpaired) electrons. The van der Waals surface area contributed by atoms with Gasteiger partial charge < -0.3 is 16.4 Å². The quantitative estimate of drug-likeness (QED) is 0.656. The van der Waals surface area contributed by atoms with Crippen molar-refractivity contribution in [3.8, 4) is 0 Å². The van der Waals surface area contributed by atoms with Crippen molar-refractivity contribution in [2.24, 2.45) is 0 Å². The van der Waals surface area contributed by atoms with E-state index in [0.29, 0.717) is 36.4 Å². The lowest BCUT2D eigenvalue weighted by atomic mass is 10.2. The highest BCUT2D eigenvalue weighted by atomic mass is 19.3. The van der Waals surface area contributed by atoms with Crippen LogP contribution in [0.2, 0.25) is 0 Å². The molecule has 9 heteroatoms. The van der Waals surface area contributed by atoms with E-state index in [0.717, 1.165) is 0 Å². The molecule has 28 heavy (non-hydrogen) atoms. The maximum Gasteiger partial charge on any atom is 0.274 e. The second kappa shape index (κ2) is 8.75. The number of benzene rings is 1. The average molecular weight is 389 g/mol. The van der Waals surface area contributed by atoms with E-state index in [4.69, 9.17) is 5.73 Å². The predicted octanol–water partition coefficient (Wildman–Crippen LogP) is 1.99. The molecule has 1 fully saturated rings. The van der Waals surface area contributed by atoms with Crippen LogP contribution in [-0.4, -0.2) is 53.8 Å². The highest BCUT2D eigenvalue weighted by Gasteiger charge is 2.26. The molecule has 4 N–H and O–H groups in total. The number of aromatic nitrogens is 1. The number of halogens is 2. The van der Waals surface area contributed by atoms with Gasteiger partial charge in [0.15, 0.2) is 0 Å². The van der Waals surface area contributed by atoms with Crippen LogP contribution in [-0.2, 0) is 0 Å². The summed E-state index contributed by atoms with van der Waals surface area (Å²) in [5, 5.41) is 5.47. The van der Waals surface area contributed by atoms with Gasteiger partial charge in [-0.15, -0.1) is 0 Å². The minimum absolute atomic E-state index is 0.142. The number of likely N-dealkylation sites (tertiary alicyclic amines) is 1. The molecule has 2 amide bonds. The zero-order chi connectivity index (χ0) is 20.1. The van der Waals surface area contributed by atoms with E-state index in [9.17, 15) is 18.4 Å². The van der Waals surface area contributed by atoms with E-state index in [1.165, 1.54) is 18.3 Å². The highest BCUT2D eigenvalue weighted by molar-refractivity contribution is 6.05. The van der Waals surface area contributed by atoms with Gasteiger partial charge in [-0.1, -0.05) is 12.1 Å². The van der Waals surface area contributed by atoms with Crippen LogP contribution in [0.25, 0.3) is 0 Å². The molecule has 1 aromatic carbocycles. The van der Waals surface area contributed by atoms with Gasteiger partial charge in [0, 0.05) is 25.3 Å². The van der Waals surface area contributed by atoms with Crippen molar-refractivity contribution in [3.05, 3.63) is 53.9 Å². The number of nitrogens with two attached hydrogens (primary N) is 1. The predicted molar refractivity (Wildman–Crippen MR) is 101 cm³/mol. The lowest BCUT2D eigenvalue weighted by Gasteiger charge is -2.16. The zero-order valence-electron chi connectivity index (χ0n) is 15.1. The summed E-state index contributed by atoms with van der Waals surface area (Å²) in [5.41, 5.74) is 7.14. The number of anilines is 2. The highest BCUT2D eigenvalue weighted by Crippen LogP contribution is 2.17. The number of nitrogens with zero attached hydrogens (tertiary/aromatic N) is 2. The molecule has 1 saturated heterocycles. The Balaban J connectivity index is 1.56. The third-order valence-electron chi connectivity index (χ3n) is 4.47. The minimum atomic E-state index is -2.39. The molecule has 0 aliphatic carbocycles. The lowest BCUT2D eigenvalue weighted by molar-refractivity contribution is 0.0916. The molecule has 1 aliphatic heterocycles. The minimum Gasteiger partial charge on any atom is -0.397 e. The van der Waals surface area contributed by atoms with E-state index in [2.05, 4.69) is 15.6 Å². The van der Waals surface area contributed by atoms with Crippen LogP contribution in [0.5, 0.6) is 0 Å². The SMILES string of the molecule is Nc1ccccc1NC(=O)c1ccc(C(=O)NC2CCN(CC(F)F)C2)cn1. The Morgan fingerprint density at radius 1 is 1.21 bits per heavy atom. The van der Waals surface area contributed by atoms with E-state index >= 15 is 0 Å². The number of hydrogen-bond acceptors (Lipinski definition) is 5. The van der Waals surface area contributed by atoms with Crippen molar-refractivity contribution in [2.45, 2.75) is 18.9 Å². The number of amides is 2. The molecule has 2 heterocycles. The largest absolute Gasteiger partial charge is 0.397 e. The van der Waals surface area contributed by atoms with E-state index in [1.54, 1.807) is 29.2 Å². The maximum absolute atomic E-state index is 12.4. The van der Waals surface area contributed by atoms with E-state index in [1.807, 2.05) is 0 Å². The van der Waals surface area contributed by atoms with Crippen LogP contribution in [0.3, 0.4) is 0 Å². The number of alkyl halides is 2. The fourth-order valence-electron chi connectivity index (χ4n) is 3.04. The Morgan fingerprint density at radius 3 is 2.68 bits per heavy atom. The number of nitrogen functional groups attached to an aromatic ring is 1. The van der Waals surface area contributed by atoms with Gasteiger partial charge in [0.05, 0.1) is 23.5 Å². The number of pyridine rings is 1. The number of rotatable bonds is 6. The van der Waals surface area contributed by atoms with E-state index < -0.39 is 12.3 Å².